The highest BCUT2D eigenvalue weighted by atomic mass is 14.9. The Kier molecular flexibility index (Phi) is 5.75. The summed E-state index contributed by atoms with van der Waals surface area (Å²) in [6.45, 7) is 2.36. The largest absolute Gasteiger partial charge is 0.313 e. The molecule has 2 rings (SSSR count). The molecule has 1 N–H and O–H groups in total. The minimum atomic E-state index is 0.680. The molecule has 2 aliphatic rings. The number of allylic oxidation sites excluding steroid dienone is 1. The van der Waals surface area contributed by atoms with Gasteiger partial charge in [0, 0.05) is 6.04 Å². The van der Waals surface area contributed by atoms with Gasteiger partial charge in [0.2, 0.25) is 0 Å². The van der Waals surface area contributed by atoms with Gasteiger partial charge >= 0.3 is 0 Å². The summed E-state index contributed by atoms with van der Waals surface area (Å²) in [6, 6.07) is 0.680. The lowest BCUT2D eigenvalue weighted by Crippen LogP contribution is -2.34. The normalized spacial score (nSPS) is 31.6. The molecule has 0 spiro atoms. The fraction of sp³-hybridized carbons (Fsp3) is 0.882. The molecule has 1 fully saturated rings. The van der Waals surface area contributed by atoms with Crippen molar-refractivity contribution >= 4 is 0 Å². The van der Waals surface area contributed by atoms with Gasteiger partial charge in [0.1, 0.15) is 0 Å². The highest BCUT2D eigenvalue weighted by Crippen LogP contribution is 2.38. The van der Waals surface area contributed by atoms with Gasteiger partial charge in [-0.25, -0.2) is 0 Å². The van der Waals surface area contributed by atoms with Gasteiger partial charge in [-0.05, 0) is 57.4 Å². The van der Waals surface area contributed by atoms with Crippen LogP contribution in [0.4, 0.5) is 0 Å². The van der Waals surface area contributed by atoms with E-state index in [1.807, 2.05) is 0 Å². The Bertz CT molecular complexity index is 269. The molecule has 0 aromatic rings. The van der Waals surface area contributed by atoms with Gasteiger partial charge < -0.3 is 5.32 Å². The average molecular weight is 249 g/mol. The Morgan fingerprint density at radius 3 is 2.78 bits per heavy atom. The van der Waals surface area contributed by atoms with E-state index in [0.717, 1.165) is 11.8 Å². The predicted molar refractivity (Wildman–Crippen MR) is 79.8 cm³/mol. The summed E-state index contributed by atoms with van der Waals surface area (Å²) in [5.41, 5.74) is 1.74. The maximum absolute atomic E-state index is 3.64. The van der Waals surface area contributed by atoms with Crippen LogP contribution in [0, 0.1) is 11.8 Å². The molecule has 0 heterocycles. The van der Waals surface area contributed by atoms with Crippen LogP contribution in [0.2, 0.25) is 0 Å². The number of hydrogen-bond acceptors (Lipinski definition) is 1. The zero-order chi connectivity index (χ0) is 12.8. The Morgan fingerprint density at radius 1 is 1.22 bits per heavy atom. The van der Waals surface area contributed by atoms with E-state index >= 15 is 0 Å². The molecule has 0 saturated heterocycles. The molecule has 3 atom stereocenters. The zero-order valence-corrected chi connectivity index (χ0v) is 12.4. The first-order chi connectivity index (χ1) is 8.85. The van der Waals surface area contributed by atoms with Crippen molar-refractivity contribution < 1.29 is 0 Å². The first-order valence-electron chi connectivity index (χ1n) is 8.21. The van der Waals surface area contributed by atoms with Gasteiger partial charge in [0.05, 0.1) is 0 Å². The van der Waals surface area contributed by atoms with Crippen molar-refractivity contribution in [3.05, 3.63) is 11.6 Å². The molecule has 0 aromatic carbocycles. The fourth-order valence-corrected chi connectivity index (χ4v) is 4.01. The van der Waals surface area contributed by atoms with Gasteiger partial charge in [-0.1, -0.05) is 44.3 Å². The average Bonchev–Trinajstić information content (AvgIpc) is 2.81. The molecule has 18 heavy (non-hydrogen) atoms. The minimum Gasteiger partial charge on any atom is -0.313 e. The van der Waals surface area contributed by atoms with Crippen molar-refractivity contribution in [3.8, 4) is 0 Å². The summed E-state index contributed by atoms with van der Waals surface area (Å²) < 4.78 is 0. The van der Waals surface area contributed by atoms with Gasteiger partial charge in [-0.15, -0.1) is 0 Å². The van der Waals surface area contributed by atoms with E-state index in [1.165, 1.54) is 64.2 Å². The molecule has 1 heteroatoms. The van der Waals surface area contributed by atoms with Crippen molar-refractivity contribution in [1.29, 1.82) is 0 Å². The summed E-state index contributed by atoms with van der Waals surface area (Å²) in [5, 5.41) is 3.64. The summed E-state index contributed by atoms with van der Waals surface area (Å²) >= 11 is 0. The summed E-state index contributed by atoms with van der Waals surface area (Å²) in [6.07, 6.45) is 16.7. The molecule has 3 unspecified atom stereocenters. The Morgan fingerprint density at radius 2 is 2.06 bits per heavy atom. The predicted octanol–water partition coefficient (Wildman–Crippen LogP) is 4.68. The van der Waals surface area contributed by atoms with Crippen LogP contribution >= 0.6 is 0 Å². The summed E-state index contributed by atoms with van der Waals surface area (Å²) in [7, 11) is 2.17. The standard InChI is InChI=1S/C17H31N/c1-3-14-11-12-16(13-14)17(18-2)15-9-7-5-4-6-8-10-15/h9,14,16-18H,3-8,10-13H2,1-2H3. The molecule has 0 radical (unpaired) electrons. The van der Waals surface area contributed by atoms with Crippen LogP contribution in [0.25, 0.3) is 0 Å². The number of likely N-dealkylation sites (N-methyl/N-ethyl adjacent to an activating group) is 1. The maximum Gasteiger partial charge on any atom is 0.0305 e. The quantitative estimate of drug-likeness (QED) is 0.713. The highest BCUT2D eigenvalue weighted by molar-refractivity contribution is 5.14. The number of rotatable bonds is 4. The van der Waals surface area contributed by atoms with Crippen LogP contribution < -0.4 is 5.32 Å². The first kappa shape index (κ1) is 14.1. The van der Waals surface area contributed by atoms with Gasteiger partial charge in [-0.2, -0.15) is 0 Å². The van der Waals surface area contributed by atoms with E-state index < -0.39 is 0 Å². The summed E-state index contributed by atoms with van der Waals surface area (Å²) in [5.74, 6) is 1.91. The van der Waals surface area contributed by atoms with Crippen molar-refractivity contribution in [2.45, 2.75) is 77.2 Å². The van der Waals surface area contributed by atoms with Crippen molar-refractivity contribution in [3.63, 3.8) is 0 Å². The fourth-order valence-electron chi connectivity index (χ4n) is 4.01. The van der Waals surface area contributed by atoms with Crippen molar-refractivity contribution in [1.82, 2.24) is 5.32 Å². The SMILES string of the molecule is CCC1CCC(C(NC)C2=CCCCCCC2)C1. The second kappa shape index (κ2) is 7.33. The zero-order valence-electron chi connectivity index (χ0n) is 12.4. The van der Waals surface area contributed by atoms with Crippen LogP contribution in [0.1, 0.15) is 71.1 Å². The second-order valence-corrected chi connectivity index (χ2v) is 6.35. The molecular formula is C17H31N. The lowest BCUT2D eigenvalue weighted by atomic mass is 9.86. The van der Waals surface area contributed by atoms with Crippen LogP contribution in [0.15, 0.2) is 11.6 Å². The van der Waals surface area contributed by atoms with E-state index in [9.17, 15) is 0 Å². The Balaban J connectivity index is 1.98. The lowest BCUT2D eigenvalue weighted by Gasteiger charge is -2.27. The van der Waals surface area contributed by atoms with Crippen molar-refractivity contribution in [2.24, 2.45) is 11.8 Å². The van der Waals surface area contributed by atoms with Crippen LogP contribution in [-0.2, 0) is 0 Å². The third kappa shape index (κ3) is 3.60. The van der Waals surface area contributed by atoms with E-state index in [0.29, 0.717) is 6.04 Å². The van der Waals surface area contributed by atoms with E-state index in [1.54, 1.807) is 5.57 Å². The van der Waals surface area contributed by atoms with Crippen LogP contribution in [0.5, 0.6) is 0 Å². The monoisotopic (exact) mass is 249 g/mol. The molecule has 0 aliphatic heterocycles. The van der Waals surface area contributed by atoms with E-state index in [2.05, 4.69) is 25.4 Å². The van der Waals surface area contributed by atoms with Crippen LogP contribution in [0.3, 0.4) is 0 Å². The molecule has 0 aromatic heterocycles. The second-order valence-electron chi connectivity index (χ2n) is 6.35. The Hall–Kier alpha value is -0.300. The van der Waals surface area contributed by atoms with Crippen LogP contribution in [-0.4, -0.2) is 13.1 Å². The molecule has 1 saturated carbocycles. The molecular weight excluding hydrogens is 218 g/mol. The number of nitrogens with one attached hydrogen (secondary N) is 1. The molecule has 2 aliphatic carbocycles. The highest BCUT2D eigenvalue weighted by Gasteiger charge is 2.30. The topological polar surface area (TPSA) is 12.0 Å². The maximum atomic E-state index is 3.64. The third-order valence-electron chi connectivity index (χ3n) is 5.17. The summed E-state index contributed by atoms with van der Waals surface area (Å²) in [4.78, 5) is 0. The molecule has 0 bridgehead atoms. The van der Waals surface area contributed by atoms with Gasteiger partial charge in [-0.3, -0.25) is 0 Å². The third-order valence-corrected chi connectivity index (χ3v) is 5.17. The molecule has 104 valence electrons. The van der Waals surface area contributed by atoms with E-state index in [4.69, 9.17) is 0 Å². The first-order valence-corrected chi connectivity index (χ1v) is 8.21. The van der Waals surface area contributed by atoms with E-state index in [-0.39, 0.29) is 0 Å². The van der Waals surface area contributed by atoms with Gasteiger partial charge in [0.15, 0.2) is 0 Å². The minimum absolute atomic E-state index is 0.680. The van der Waals surface area contributed by atoms with Gasteiger partial charge in [0.25, 0.3) is 0 Å². The molecule has 1 nitrogen and oxygen atoms in total. The molecule has 0 amide bonds. The smallest absolute Gasteiger partial charge is 0.0305 e. The lowest BCUT2D eigenvalue weighted by molar-refractivity contribution is 0.388. The Labute approximate surface area is 113 Å². The van der Waals surface area contributed by atoms with Crippen molar-refractivity contribution in [2.75, 3.05) is 7.05 Å². The number of hydrogen-bond donors (Lipinski definition) is 1.